The SMILES string of the molecule is CN(c1ccccc1)c1cc(C(N)=O)c(N)cc1F. The molecule has 0 fully saturated rings. The Morgan fingerprint density at radius 3 is 2.42 bits per heavy atom. The van der Waals surface area contributed by atoms with Crippen LogP contribution in [0.2, 0.25) is 0 Å². The maximum atomic E-state index is 14.0. The molecule has 4 nitrogen and oxygen atoms in total. The minimum Gasteiger partial charge on any atom is -0.398 e. The molecule has 4 N–H and O–H groups in total. The van der Waals surface area contributed by atoms with Crippen molar-refractivity contribution in [3.05, 3.63) is 53.8 Å². The van der Waals surface area contributed by atoms with Crippen LogP contribution in [0.1, 0.15) is 10.4 Å². The van der Waals surface area contributed by atoms with Gasteiger partial charge in [0.15, 0.2) is 0 Å². The summed E-state index contributed by atoms with van der Waals surface area (Å²) in [5.41, 5.74) is 12.0. The van der Waals surface area contributed by atoms with Gasteiger partial charge in [0.2, 0.25) is 0 Å². The van der Waals surface area contributed by atoms with E-state index in [9.17, 15) is 9.18 Å². The predicted octanol–water partition coefficient (Wildman–Crippen LogP) is 2.27. The summed E-state index contributed by atoms with van der Waals surface area (Å²) in [5, 5.41) is 0. The Morgan fingerprint density at radius 2 is 1.84 bits per heavy atom. The van der Waals surface area contributed by atoms with Crippen LogP contribution in [0.3, 0.4) is 0 Å². The van der Waals surface area contributed by atoms with E-state index in [0.29, 0.717) is 0 Å². The first-order valence-corrected chi connectivity index (χ1v) is 5.68. The first-order valence-electron chi connectivity index (χ1n) is 5.68. The van der Waals surface area contributed by atoms with E-state index in [-0.39, 0.29) is 16.9 Å². The minimum absolute atomic E-state index is 0.0372. The van der Waals surface area contributed by atoms with Crippen molar-refractivity contribution in [2.24, 2.45) is 5.73 Å². The lowest BCUT2D eigenvalue weighted by Crippen LogP contribution is -2.17. The van der Waals surface area contributed by atoms with Gasteiger partial charge < -0.3 is 16.4 Å². The maximum absolute atomic E-state index is 14.0. The van der Waals surface area contributed by atoms with E-state index in [4.69, 9.17) is 11.5 Å². The van der Waals surface area contributed by atoms with Crippen LogP contribution in [0.15, 0.2) is 42.5 Å². The van der Waals surface area contributed by atoms with Gasteiger partial charge in [-0.05, 0) is 24.3 Å². The molecule has 5 heteroatoms. The lowest BCUT2D eigenvalue weighted by molar-refractivity contribution is 0.100. The van der Waals surface area contributed by atoms with Gasteiger partial charge in [-0.25, -0.2) is 4.39 Å². The molecule has 98 valence electrons. The van der Waals surface area contributed by atoms with Crippen molar-refractivity contribution in [1.82, 2.24) is 0 Å². The second kappa shape index (κ2) is 4.97. The van der Waals surface area contributed by atoms with Crippen LogP contribution in [-0.2, 0) is 0 Å². The summed E-state index contributed by atoms with van der Waals surface area (Å²) >= 11 is 0. The molecule has 0 saturated heterocycles. The van der Waals surface area contributed by atoms with Crippen molar-refractivity contribution in [2.45, 2.75) is 0 Å². The molecule has 0 aromatic heterocycles. The normalized spacial score (nSPS) is 10.2. The summed E-state index contributed by atoms with van der Waals surface area (Å²) in [7, 11) is 1.70. The molecular formula is C14H14FN3O. The van der Waals surface area contributed by atoms with Crippen molar-refractivity contribution in [2.75, 3.05) is 17.7 Å². The largest absolute Gasteiger partial charge is 0.398 e. The minimum atomic E-state index is -0.680. The fraction of sp³-hybridized carbons (Fsp3) is 0.0714. The third-order valence-electron chi connectivity index (χ3n) is 2.89. The van der Waals surface area contributed by atoms with E-state index in [1.54, 1.807) is 11.9 Å². The first kappa shape index (κ1) is 12.9. The van der Waals surface area contributed by atoms with Crippen molar-refractivity contribution in [1.29, 1.82) is 0 Å². The highest BCUT2D eigenvalue weighted by molar-refractivity contribution is 5.99. The van der Waals surface area contributed by atoms with Crippen LogP contribution in [0.5, 0.6) is 0 Å². The van der Waals surface area contributed by atoms with Gasteiger partial charge in [-0.2, -0.15) is 0 Å². The molecule has 1 amide bonds. The second-order valence-corrected chi connectivity index (χ2v) is 4.15. The molecule has 0 atom stereocenters. The molecule has 0 radical (unpaired) electrons. The standard InChI is InChI=1S/C14H14FN3O/c1-18(9-5-3-2-4-6-9)13-7-10(14(17)19)12(16)8-11(13)15/h2-8H,16H2,1H3,(H2,17,19). The van der Waals surface area contributed by atoms with E-state index in [1.807, 2.05) is 30.3 Å². The zero-order valence-corrected chi connectivity index (χ0v) is 10.4. The lowest BCUT2D eigenvalue weighted by Gasteiger charge is -2.21. The van der Waals surface area contributed by atoms with Gasteiger partial charge in [-0.3, -0.25) is 4.79 Å². The number of carbonyl (C=O) groups excluding carboxylic acids is 1. The third-order valence-corrected chi connectivity index (χ3v) is 2.89. The number of halogens is 1. The Labute approximate surface area is 110 Å². The number of hydrogen-bond acceptors (Lipinski definition) is 3. The molecule has 2 rings (SSSR count). The summed E-state index contributed by atoms with van der Waals surface area (Å²) in [6.07, 6.45) is 0. The highest BCUT2D eigenvalue weighted by atomic mass is 19.1. The second-order valence-electron chi connectivity index (χ2n) is 4.15. The van der Waals surface area contributed by atoms with Gasteiger partial charge in [-0.15, -0.1) is 0 Å². The van der Waals surface area contributed by atoms with E-state index in [0.717, 1.165) is 11.8 Å². The van der Waals surface area contributed by atoms with Crippen LogP contribution >= 0.6 is 0 Å². The Bertz CT molecular complexity index is 614. The summed E-state index contributed by atoms with van der Waals surface area (Å²) < 4.78 is 14.0. The lowest BCUT2D eigenvalue weighted by atomic mass is 10.1. The van der Waals surface area contributed by atoms with Gasteiger partial charge in [0.25, 0.3) is 5.91 Å². The number of primary amides is 1. The number of benzene rings is 2. The number of nitrogens with zero attached hydrogens (tertiary/aromatic N) is 1. The van der Waals surface area contributed by atoms with Crippen molar-refractivity contribution in [3.63, 3.8) is 0 Å². The summed E-state index contributed by atoms with van der Waals surface area (Å²) in [5.74, 6) is -1.19. The number of nitrogens with two attached hydrogens (primary N) is 2. The fourth-order valence-corrected chi connectivity index (χ4v) is 1.84. The Kier molecular flexibility index (Phi) is 3.37. The zero-order valence-electron chi connectivity index (χ0n) is 10.4. The van der Waals surface area contributed by atoms with Gasteiger partial charge in [0.1, 0.15) is 5.82 Å². The van der Waals surface area contributed by atoms with E-state index >= 15 is 0 Å². The molecule has 0 spiro atoms. The first-order chi connectivity index (χ1) is 9.00. The molecule has 0 aliphatic carbocycles. The van der Waals surface area contributed by atoms with Crippen molar-refractivity contribution >= 4 is 23.0 Å². The number of anilines is 3. The van der Waals surface area contributed by atoms with Crippen LogP contribution in [0, 0.1) is 5.82 Å². The molecule has 0 aliphatic rings. The summed E-state index contributed by atoms with van der Waals surface area (Å²) in [4.78, 5) is 12.9. The Hall–Kier alpha value is -2.56. The Balaban J connectivity index is 2.50. The number of nitrogen functional groups attached to an aromatic ring is 1. The van der Waals surface area contributed by atoms with Gasteiger partial charge in [0.05, 0.1) is 11.3 Å². The van der Waals surface area contributed by atoms with Crippen molar-refractivity contribution < 1.29 is 9.18 Å². The summed E-state index contributed by atoms with van der Waals surface area (Å²) in [6, 6.07) is 11.7. The van der Waals surface area contributed by atoms with Gasteiger partial charge in [0, 0.05) is 18.4 Å². The number of amides is 1. The third kappa shape index (κ3) is 2.49. The molecule has 0 heterocycles. The van der Waals surface area contributed by atoms with Crippen LogP contribution in [0.25, 0.3) is 0 Å². The van der Waals surface area contributed by atoms with E-state index in [2.05, 4.69) is 0 Å². The molecule has 19 heavy (non-hydrogen) atoms. The fourth-order valence-electron chi connectivity index (χ4n) is 1.84. The number of carbonyl (C=O) groups is 1. The molecule has 0 bridgehead atoms. The smallest absolute Gasteiger partial charge is 0.250 e. The quantitative estimate of drug-likeness (QED) is 0.830. The van der Waals surface area contributed by atoms with E-state index < -0.39 is 11.7 Å². The average molecular weight is 259 g/mol. The number of hydrogen-bond donors (Lipinski definition) is 2. The monoisotopic (exact) mass is 259 g/mol. The molecule has 2 aromatic carbocycles. The van der Waals surface area contributed by atoms with Crippen LogP contribution < -0.4 is 16.4 Å². The number of para-hydroxylation sites is 1. The highest BCUT2D eigenvalue weighted by Gasteiger charge is 2.15. The van der Waals surface area contributed by atoms with Crippen LogP contribution in [-0.4, -0.2) is 13.0 Å². The molecule has 0 saturated carbocycles. The molecule has 2 aromatic rings. The molecule has 0 aliphatic heterocycles. The topological polar surface area (TPSA) is 72.3 Å². The molecular weight excluding hydrogens is 245 g/mol. The average Bonchev–Trinajstić information content (AvgIpc) is 2.38. The maximum Gasteiger partial charge on any atom is 0.250 e. The predicted molar refractivity (Wildman–Crippen MR) is 73.8 cm³/mol. The van der Waals surface area contributed by atoms with Gasteiger partial charge in [-0.1, -0.05) is 18.2 Å². The zero-order chi connectivity index (χ0) is 14.0. The van der Waals surface area contributed by atoms with E-state index in [1.165, 1.54) is 6.07 Å². The Morgan fingerprint density at radius 1 is 1.21 bits per heavy atom. The van der Waals surface area contributed by atoms with Crippen molar-refractivity contribution in [3.8, 4) is 0 Å². The highest BCUT2D eigenvalue weighted by Crippen LogP contribution is 2.29. The van der Waals surface area contributed by atoms with Crippen LogP contribution in [0.4, 0.5) is 21.5 Å². The summed E-state index contributed by atoms with van der Waals surface area (Å²) in [6.45, 7) is 0. The van der Waals surface area contributed by atoms with Gasteiger partial charge >= 0.3 is 0 Å². The number of rotatable bonds is 3. The molecule has 0 unspecified atom stereocenters.